The van der Waals surface area contributed by atoms with Gasteiger partial charge in [0, 0.05) is 12.5 Å². The Balaban J connectivity index is 2.07. The fourth-order valence-electron chi connectivity index (χ4n) is 2.74. The van der Waals surface area contributed by atoms with E-state index in [1.165, 1.54) is 34.9 Å². The summed E-state index contributed by atoms with van der Waals surface area (Å²) in [5.41, 5.74) is 2.14. The number of hydrogen-bond donors (Lipinski definition) is 1. The lowest BCUT2D eigenvalue weighted by Gasteiger charge is -2.15. The van der Waals surface area contributed by atoms with E-state index in [0.717, 1.165) is 23.8 Å². The van der Waals surface area contributed by atoms with Gasteiger partial charge in [-0.1, -0.05) is 12.8 Å². The number of hydrogen-bond acceptors (Lipinski definition) is 4. The first-order chi connectivity index (χ1) is 9.79. The molecular weight excluding hydrogens is 365 g/mol. The summed E-state index contributed by atoms with van der Waals surface area (Å²) in [6, 6.07) is 1.91. The molecule has 106 valence electrons. The predicted molar refractivity (Wildman–Crippen MR) is 87.8 cm³/mol. The quantitative estimate of drug-likeness (QED) is 0.794. The van der Waals surface area contributed by atoms with Gasteiger partial charge in [0.1, 0.15) is 12.1 Å². The molecule has 2 heterocycles. The zero-order valence-electron chi connectivity index (χ0n) is 11.5. The van der Waals surface area contributed by atoms with E-state index in [2.05, 4.69) is 39.8 Å². The zero-order valence-corrected chi connectivity index (χ0v) is 13.7. The highest BCUT2D eigenvalue weighted by atomic mass is 127. The van der Waals surface area contributed by atoms with Crippen LogP contribution in [0.15, 0.2) is 23.0 Å². The Bertz CT molecular complexity index is 577. The summed E-state index contributed by atoms with van der Waals surface area (Å²) in [5.74, 6) is 2.28. The minimum atomic E-state index is 0.577. The summed E-state index contributed by atoms with van der Waals surface area (Å²) in [7, 11) is 0. The monoisotopic (exact) mass is 383 g/mol. The molecule has 0 unspecified atom stereocenters. The number of rotatable bonds is 4. The molecule has 1 fully saturated rings. The summed E-state index contributed by atoms with van der Waals surface area (Å²) in [5, 5.41) is 3.35. The molecule has 0 bridgehead atoms. The highest BCUT2D eigenvalue weighted by molar-refractivity contribution is 14.1. The summed E-state index contributed by atoms with van der Waals surface area (Å²) in [4.78, 5) is 9.47. The number of nitrogens with zero attached hydrogens (tertiary/aromatic N) is 2. The number of anilines is 1. The topological polar surface area (TPSA) is 51.0 Å². The van der Waals surface area contributed by atoms with E-state index < -0.39 is 0 Å². The molecule has 2 aromatic heterocycles. The third kappa shape index (κ3) is 2.68. The fraction of sp³-hybridized carbons (Fsp3) is 0.467. The Morgan fingerprint density at radius 2 is 2.15 bits per heavy atom. The van der Waals surface area contributed by atoms with Crippen LogP contribution in [0.2, 0.25) is 0 Å². The van der Waals surface area contributed by atoms with E-state index in [1.807, 2.05) is 6.07 Å². The lowest BCUT2D eigenvalue weighted by atomic mass is 10.0. The Labute approximate surface area is 132 Å². The van der Waals surface area contributed by atoms with Gasteiger partial charge in [0.05, 0.1) is 21.1 Å². The summed E-state index contributed by atoms with van der Waals surface area (Å²) in [6.45, 7) is 2.95. The van der Waals surface area contributed by atoms with Crippen LogP contribution >= 0.6 is 22.6 Å². The van der Waals surface area contributed by atoms with Crippen molar-refractivity contribution < 1.29 is 4.42 Å². The van der Waals surface area contributed by atoms with Gasteiger partial charge in [-0.25, -0.2) is 9.97 Å². The van der Waals surface area contributed by atoms with Crippen molar-refractivity contribution in [2.75, 3.05) is 11.9 Å². The number of aromatic nitrogens is 2. The second-order valence-electron chi connectivity index (χ2n) is 5.12. The van der Waals surface area contributed by atoms with Crippen LogP contribution in [-0.2, 0) is 0 Å². The summed E-state index contributed by atoms with van der Waals surface area (Å²) >= 11 is 2.38. The smallest absolute Gasteiger partial charge is 0.165 e. The highest BCUT2D eigenvalue weighted by Crippen LogP contribution is 2.37. The lowest BCUT2D eigenvalue weighted by molar-refractivity contribution is 0.568. The van der Waals surface area contributed by atoms with Crippen LogP contribution in [0.25, 0.3) is 11.4 Å². The van der Waals surface area contributed by atoms with Crippen molar-refractivity contribution >= 4 is 28.4 Å². The van der Waals surface area contributed by atoms with Gasteiger partial charge in [0.2, 0.25) is 0 Å². The third-order valence-corrected chi connectivity index (χ3v) is 4.81. The van der Waals surface area contributed by atoms with Crippen molar-refractivity contribution in [1.29, 1.82) is 0 Å². The molecule has 0 atom stereocenters. The molecule has 1 aliphatic rings. The first kappa shape index (κ1) is 13.9. The summed E-state index contributed by atoms with van der Waals surface area (Å²) in [6.07, 6.45) is 8.46. The van der Waals surface area contributed by atoms with Gasteiger partial charge in [-0.05, 0) is 48.4 Å². The molecular formula is C15H18IN3O. The number of furan rings is 1. The average Bonchev–Trinajstić information content (AvgIpc) is 3.14. The van der Waals surface area contributed by atoms with Crippen LogP contribution in [0.3, 0.4) is 0 Å². The van der Waals surface area contributed by atoms with Gasteiger partial charge in [-0.2, -0.15) is 0 Å². The van der Waals surface area contributed by atoms with Gasteiger partial charge >= 0.3 is 0 Å². The second kappa shape index (κ2) is 6.11. The maximum atomic E-state index is 5.16. The van der Waals surface area contributed by atoms with Crippen molar-refractivity contribution in [2.24, 2.45) is 0 Å². The molecule has 1 aliphatic carbocycles. The Hall–Kier alpha value is -1.11. The average molecular weight is 383 g/mol. The SMILES string of the molecule is CCNc1nc(-c2ccoc2)nc(C2CCCC2)c1I. The van der Waals surface area contributed by atoms with E-state index >= 15 is 0 Å². The molecule has 1 N–H and O–H groups in total. The van der Waals surface area contributed by atoms with Crippen molar-refractivity contribution in [3.8, 4) is 11.4 Å². The number of nitrogens with one attached hydrogen (secondary N) is 1. The van der Waals surface area contributed by atoms with Crippen LogP contribution in [0.5, 0.6) is 0 Å². The lowest BCUT2D eigenvalue weighted by Crippen LogP contribution is -2.10. The van der Waals surface area contributed by atoms with Crippen LogP contribution in [0, 0.1) is 3.57 Å². The molecule has 1 saturated carbocycles. The molecule has 5 heteroatoms. The molecule has 0 radical (unpaired) electrons. The van der Waals surface area contributed by atoms with E-state index in [4.69, 9.17) is 9.40 Å². The van der Waals surface area contributed by atoms with Crippen LogP contribution in [-0.4, -0.2) is 16.5 Å². The maximum Gasteiger partial charge on any atom is 0.165 e. The molecule has 2 aromatic rings. The molecule has 4 nitrogen and oxygen atoms in total. The van der Waals surface area contributed by atoms with Crippen molar-refractivity contribution in [2.45, 2.75) is 38.5 Å². The predicted octanol–water partition coefficient (Wildman–Crippen LogP) is 4.43. The van der Waals surface area contributed by atoms with Crippen LogP contribution < -0.4 is 5.32 Å². The molecule has 3 rings (SSSR count). The minimum absolute atomic E-state index is 0.577. The van der Waals surface area contributed by atoms with Gasteiger partial charge in [-0.15, -0.1) is 0 Å². The molecule has 0 saturated heterocycles. The second-order valence-corrected chi connectivity index (χ2v) is 6.20. The van der Waals surface area contributed by atoms with Gasteiger partial charge < -0.3 is 9.73 Å². The van der Waals surface area contributed by atoms with Gasteiger partial charge in [0.15, 0.2) is 5.82 Å². The Morgan fingerprint density at radius 1 is 1.35 bits per heavy atom. The minimum Gasteiger partial charge on any atom is -0.472 e. The van der Waals surface area contributed by atoms with E-state index in [-0.39, 0.29) is 0 Å². The molecule has 0 aliphatic heterocycles. The third-order valence-electron chi connectivity index (χ3n) is 3.74. The van der Waals surface area contributed by atoms with E-state index in [9.17, 15) is 0 Å². The van der Waals surface area contributed by atoms with Crippen LogP contribution in [0.1, 0.15) is 44.2 Å². The van der Waals surface area contributed by atoms with Gasteiger partial charge in [-0.3, -0.25) is 0 Å². The maximum absolute atomic E-state index is 5.16. The normalized spacial score (nSPS) is 15.7. The molecule has 0 spiro atoms. The highest BCUT2D eigenvalue weighted by Gasteiger charge is 2.24. The van der Waals surface area contributed by atoms with Crippen molar-refractivity contribution in [3.63, 3.8) is 0 Å². The summed E-state index contributed by atoms with van der Waals surface area (Å²) < 4.78 is 6.33. The first-order valence-electron chi connectivity index (χ1n) is 7.13. The standard InChI is InChI=1S/C15H18IN3O/c1-2-17-15-12(16)13(10-5-3-4-6-10)18-14(19-15)11-7-8-20-9-11/h7-10H,2-6H2,1H3,(H,17,18,19). The van der Waals surface area contributed by atoms with E-state index in [0.29, 0.717) is 5.92 Å². The van der Waals surface area contributed by atoms with E-state index in [1.54, 1.807) is 12.5 Å². The number of halogens is 1. The van der Waals surface area contributed by atoms with Crippen molar-refractivity contribution in [1.82, 2.24) is 9.97 Å². The molecule has 0 amide bonds. The first-order valence-corrected chi connectivity index (χ1v) is 8.21. The molecule has 20 heavy (non-hydrogen) atoms. The van der Waals surface area contributed by atoms with Crippen molar-refractivity contribution in [3.05, 3.63) is 27.9 Å². The fourth-order valence-corrected chi connectivity index (χ4v) is 3.61. The zero-order chi connectivity index (χ0) is 13.9. The molecule has 0 aromatic carbocycles. The largest absolute Gasteiger partial charge is 0.472 e. The van der Waals surface area contributed by atoms with Crippen LogP contribution in [0.4, 0.5) is 5.82 Å². The Morgan fingerprint density at radius 3 is 2.80 bits per heavy atom. The Kier molecular flexibility index (Phi) is 4.24. The van der Waals surface area contributed by atoms with Gasteiger partial charge in [0.25, 0.3) is 0 Å².